The summed E-state index contributed by atoms with van der Waals surface area (Å²) in [4.78, 5) is 37.7. The first-order valence-electron chi connectivity index (χ1n) is 5.84. The molecule has 1 aliphatic rings. The molecule has 0 aliphatic carbocycles. The number of aliphatic hydroxyl groups is 2. The monoisotopic (exact) mass is 269 g/mol. The fraction of sp³-hybridized carbons (Fsp3) is 0.545. The number of H-pyrrole nitrogens is 1. The van der Waals surface area contributed by atoms with Gasteiger partial charge in [-0.2, -0.15) is 0 Å². The van der Waals surface area contributed by atoms with Crippen LogP contribution in [0.15, 0.2) is 21.9 Å². The zero-order chi connectivity index (χ0) is 14.0. The number of likely N-dealkylation sites (tertiary alicyclic amines) is 1. The molecule has 2 heterocycles. The molecular weight excluding hydrogens is 254 g/mol. The van der Waals surface area contributed by atoms with Gasteiger partial charge in [0.2, 0.25) is 5.91 Å². The molecule has 1 amide bonds. The average Bonchev–Trinajstić information content (AvgIpc) is 2.71. The van der Waals surface area contributed by atoms with Crippen molar-refractivity contribution in [2.45, 2.75) is 25.0 Å². The minimum atomic E-state index is -1.05. The van der Waals surface area contributed by atoms with Gasteiger partial charge in [-0.1, -0.05) is 0 Å². The SMILES string of the molecule is O=C1CCC(CO)(CO)N1Cn1ccc(=O)[nH]c1=O. The number of rotatable bonds is 4. The zero-order valence-corrected chi connectivity index (χ0v) is 10.2. The molecule has 0 saturated carbocycles. The average molecular weight is 269 g/mol. The number of nitrogens with one attached hydrogen (secondary N) is 1. The van der Waals surface area contributed by atoms with E-state index in [1.54, 1.807) is 0 Å². The van der Waals surface area contributed by atoms with Crippen molar-refractivity contribution >= 4 is 5.91 Å². The molecule has 0 unspecified atom stereocenters. The molecule has 1 saturated heterocycles. The molecule has 2 rings (SSSR count). The third-order valence-corrected chi connectivity index (χ3v) is 3.46. The van der Waals surface area contributed by atoms with Crippen LogP contribution in [0.2, 0.25) is 0 Å². The van der Waals surface area contributed by atoms with Gasteiger partial charge in [-0.3, -0.25) is 19.1 Å². The van der Waals surface area contributed by atoms with Crippen LogP contribution in [-0.4, -0.2) is 49.3 Å². The normalized spacial score (nSPS) is 18.0. The van der Waals surface area contributed by atoms with Crippen molar-refractivity contribution in [2.75, 3.05) is 13.2 Å². The van der Waals surface area contributed by atoms with Gasteiger partial charge in [0.05, 0.1) is 18.8 Å². The van der Waals surface area contributed by atoms with Gasteiger partial charge >= 0.3 is 5.69 Å². The highest BCUT2D eigenvalue weighted by Gasteiger charge is 2.44. The number of hydrogen-bond acceptors (Lipinski definition) is 5. The molecule has 1 aromatic rings. The van der Waals surface area contributed by atoms with Crippen LogP contribution < -0.4 is 11.2 Å². The Morgan fingerprint density at radius 1 is 1.26 bits per heavy atom. The maximum absolute atomic E-state index is 11.8. The van der Waals surface area contributed by atoms with E-state index in [1.807, 2.05) is 0 Å². The topological polar surface area (TPSA) is 116 Å². The third kappa shape index (κ3) is 2.32. The minimum Gasteiger partial charge on any atom is -0.394 e. The Labute approximate surface area is 107 Å². The molecule has 8 nitrogen and oxygen atoms in total. The Morgan fingerprint density at radius 3 is 2.53 bits per heavy atom. The second kappa shape index (κ2) is 4.98. The van der Waals surface area contributed by atoms with Crippen LogP contribution in [0.4, 0.5) is 0 Å². The summed E-state index contributed by atoms with van der Waals surface area (Å²) in [5.41, 5.74) is -2.21. The van der Waals surface area contributed by atoms with Crippen molar-refractivity contribution in [3.8, 4) is 0 Å². The number of nitrogens with zero attached hydrogens (tertiary/aromatic N) is 2. The van der Waals surface area contributed by atoms with Crippen LogP contribution in [0.5, 0.6) is 0 Å². The molecule has 19 heavy (non-hydrogen) atoms. The fourth-order valence-corrected chi connectivity index (χ4v) is 2.19. The summed E-state index contributed by atoms with van der Waals surface area (Å²) in [7, 11) is 0. The van der Waals surface area contributed by atoms with E-state index < -0.39 is 16.8 Å². The molecule has 1 aromatic heterocycles. The summed E-state index contributed by atoms with van der Waals surface area (Å²) in [6, 6.07) is 1.17. The molecule has 1 aliphatic heterocycles. The van der Waals surface area contributed by atoms with E-state index in [-0.39, 0.29) is 32.2 Å². The lowest BCUT2D eigenvalue weighted by Crippen LogP contribution is -2.53. The molecule has 0 radical (unpaired) electrons. The number of amides is 1. The van der Waals surface area contributed by atoms with E-state index in [0.29, 0.717) is 6.42 Å². The second-order valence-electron chi connectivity index (χ2n) is 4.58. The van der Waals surface area contributed by atoms with Gasteiger partial charge in [0, 0.05) is 18.7 Å². The van der Waals surface area contributed by atoms with E-state index in [1.165, 1.54) is 17.2 Å². The number of carbonyl (C=O) groups is 1. The Bertz CT molecular complexity index is 586. The second-order valence-corrected chi connectivity index (χ2v) is 4.58. The zero-order valence-electron chi connectivity index (χ0n) is 10.2. The van der Waals surface area contributed by atoms with Gasteiger partial charge in [-0.25, -0.2) is 4.79 Å². The van der Waals surface area contributed by atoms with Gasteiger partial charge in [-0.05, 0) is 6.42 Å². The predicted molar refractivity (Wildman–Crippen MR) is 64.3 cm³/mol. The summed E-state index contributed by atoms with van der Waals surface area (Å²) >= 11 is 0. The predicted octanol–water partition coefficient (Wildman–Crippen LogP) is -2.16. The Hall–Kier alpha value is -1.93. The van der Waals surface area contributed by atoms with E-state index in [4.69, 9.17) is 0 Å². The summed E-state index contributed by atoms with van der Waals surface area (Å²) < 4.78 is 1.14. The number of aromatic amines is 1. The van der Waals surface area contributed by atoms with Crippen LogP contribution in [0.25, 0.3) is 0 Å². The Morgan fingerprint density at radius 2 is 1.95 bits per heavy atom. The molecule has 3 N–H and O–H groups in total. The highest BCUT2D eigenvalue weighted by Crippen LogP contribution is 2.29. The van der Waals surface area contributed by atoms with Crippen LogP contribution in [0.1, 0.15) is 12.8 Å². The molecular formula is C11H15N3O5. The van der Waals surface area contributed by atoms with Crippen molar-refractivity contribution in [1.29, 1.82) is 0 Å². The lowest BCUT2D eigenvalue weighted by molar-refractivity contribution is -0.136. The van der Waals surface area contributed by atoms with Gasteiger partial charge in [-0.15, -0.1) is 0 Å². The maximum Gasteiger partial charge on any atom is 0.329 e. The minimum absolute atomic E-state index is 0.116. The molecule has 8 heteroatoms. The van der Waals surface area contributed by atoms with Crippen molar-refractivity contribution in [1.82, 2.24) is 14.5 Å². The van der Waals surface area contributed by atoms with Crippen molar-refractivity contribution < 1.29 is 15.0 Å². The van der Waals surface area contributed by atoms with Crippen LogP contribution in [0, 0.1) is 0 Å². The number of carbonyl (C=O) groups excluding carboxylic acids is 1. The van der Waals surface area contributed by atoms with E-state index in [9.17, 15) is 24.6 Å². The first-order valence-corrected chi connectivity index (χ1v) is 5.84. The Kier molecular flexibility index (Phi) is 3.54. The maximum atomic E-state index is 11.8. The summed E-state index contributed by atoms with van der Waals surface area (Å²) in [5, 5.41) is 18.8. The lowest BCUT2D eigenvalue weighted by Gasteiger charge is -2.35. The Balaban J connectivity index is 2.32. The molecule has 104 valence electrons. The van der Waals surface area contributed by atoms with Crippen LogP contribution in [0.3, 0.4) is 0 Å². The van der Waals surface area contributed by atoms with Gasteiger partial charge < -0.3 is 15.1 Å². The standard InChI is InChI=1S/C11H15N3O5/c15-5-11(6-16)3-1-9(18)14(11)7-13-4-2-8(17)12-10(13)19/h2,4,15-16H,1,3,5-7H2,(H,12,17,19). The van der Waals surface area contributed by atoms with Crippen LogP contribution >= 0.6 is 0 Å². The summed E-state index contributed by atoms with van der Waals surface area (Å²) in [6.07, 6.45) is 1.81. The first kappa shape index (κ1) is 13.5. The van der Waals surface area contributed by atoms with Gasteiger partial charge in [0.1, 0.15) is 6.67 Å². The molecule has 0 aromatic carbocycles. The molecule has 0 spiro atoms. The molecule has 0 bridgehead atoms. The summed E-state index contributed by atoms with van der Waals surface area (Å²) in [6.45, 7) is -0.879. The number of aliphatic hydroxyl groups excluding tert-OH is 2. The van der Waals surface area contributed by atoms with Crippen LogP contribution in [-0.2, 0) is 11.5 Å². The van der Waals surface area contributed by atoms with E-state index in [2.05, 4.69) is 4.98 Å². The number of hydrogen-bond donors (Lipinski definition) is 3. The van der Waals surface area contributed by atoms with Gasteiger partial charge in [0.25, 0.3) is 5.56 Å². The van der Waals surface area contributed by atoms with E-state index in [0.717, 1.165) is 4.57 Å². The largest absolute Gasteiger partial charge is 0.394 e. The highest BCUT2D eigenvalue weighted by molar-refractivity contribution is 5.79. The van der Waals surface area contributed by atoms with E-state index >= 15 is 0 Å². The van der Waals surface area contributed by atoms with Gasteiger partial charge in [0.15, 0.2) is 0 Å². The highest BCUT2D eigenvalue weighted by atomic mass is 16.3. The fourth-order valence-electron chi connectivity index (χ4n) is 2.19. The summed E-state index contributed by atoms with van der Waals surface area (Å²) in [5.74, 6) is -0.249. The lowest BCUT2D eigenvalue weighted by atomic mass is 9.99. The third-order valence-electron chi connectivity index (χ3n) is 3.46. The van der Waals surface area contributed by atoms with Crippen molar-refractivity contribution in [2.24, 2.45) is 0 Å². The molecule has 1 fully saturated rings. The van der Waals surface area contributed by atoms with Crippen molar-refractivity contribution in [3.63, 3.8) is 0 Å². The smallest absolute Gasteiger partial charge is 0.329 e. The number of aromatic nitrogens is 2. The quantitative estimate of drug-likeness (QED) is 0.576. The first-order chi connectivity index (χ1) is 9.02. The van der Waals surface area contributed by atoms with Crippen molar-refractivity contribution in [3.05, 3.63) is 33.1 Å². The molecule has 0 atom stereocenters.